The van der Waals surface area contributed by atoms with E-state index in [-0.39, 0.29) is 17.6 Å². The lowest BCUT2D eigenvalue weighted by Crippen LogP contribution is -2.30. The molecule has 0 saturated carbocycles. The topological polar surface area (TPSA) is 97.0 Å². The summed E-state index contributed by atoms with van der Waals surface area (Å²) in [4.78, 5) is 28.7. The van der Waals surface area contributed by atoms with Crippen LogP contribution in [0.1, 0.15) is 38.4 Å². The molecular formula is C24H22F6N4O3. The van der Waals surface area contributed by atoms with Crippen molar-refractivity contribution >= 4 is 5.91 Å². The number of ether oxygens (including phenoxy) is 1. The normalized spacial score (nSPS) is 13.1. The van der Waals surface area contributed by atoms with Crippen LogP contribution in [0.3, 0.4) is 0 Å². The SMILES string of the molecule is CC/C(C)=C(/C=C(/Cn1cnc(C(F)(F)F)c(Oc2cccc(C#N)c2F)c1=O)C(=O)NC)C(C)(F)F. The van der Waals surface area contributed by atoms with Gasteiger partial charge in [0.2, 0.25) is 11.7 Å². The van der Waals surface area contributed by atoms with Crippen molar-refractivity contribution < 1.29 is 35.9 Å². The molecule has 198 valence electrons. The molecule has 0 atom stereocenters. The molecule has 2 aromatic rings. The number of carbonyl (C=O) groups excluding carboxylic acids is 1. The molecule has 37 heavy (non-hydrogen) atoms. The number of rotatable bonds is 8. The number of allylic oxidation sites excluding steroid dienone is 3. The number of alkyl halides is 5. The van der Waals surface area contributed by atoms with Crippen molar-refractivity contribution in [2.24, 2.45) is 0 Å². The first-order chi connectivity index (χ1) is 17.1. The quantitative estimate of drug-likeness (QED) is 0.292. The van der Waals surface area contributed by atoms with Crippen LogP contribution in [0.5, 0.6) is 11.5 Å². The second kappa shape index (κ2) is 11.3. The Balaban J connectivity index is 2.73. The lowest BCUT2D eigenvalue weighted by molar-refractivity contribution is -0.142. The summed E-state index contributed by atoms with van der Waals surface area (Å²) in [6.07, 6.45) is -3.66. The molecule has 0 aliphatic heterocycles. The second-order valence-electron chi connectivity index (χ2n) is 7.87. The summed E-state index contributed by atoms with van der Waals surface area (Å²) in [5.41, 5.74) is -4.47. The van der Waals surface area contributed by atoms with E-state index < -0.39 is 64.3 Å². The van der Waals surface area contributed by atoms with Crippen LogP contribution >= 0.6 is 0 Å². The molecule has 1 N–H and O–H groups in total. The third kappa shape index (κ3) is 6.78. The number of amides is 1. The van der Waals surface area contributed by atoms with E-state index in [1.165, 1.54) is 20.0 Å². The summed E-state index contributed by atoms with van der Waals surface area (Å²) in [7, 11) is 1.20. The second-order valence-corrected chi connectivity index (χ2v) is 7.87. The molecule has 0 aliphatic carbocycles. The van der Waals surface area contributed by atoms with E-state index in [0.717, 1.165) is 24.3 Å². The lowest BCUT2D eigenvalue weighted by Gasteiger charge is -2.18. The van der Waals surface area contributed by atoms with E-state index >= 15 is 0 Å². The summed E-state index contributed by atoms with van der Waals surface area (Å²) in [5.74, 6) is -7.85. The van der Waals surface area contributed by atoms with Gasteiger partial charge in [0.25, 0.3) is 11.5 Å². The summed E-state index contributed by atoms with van der Waals surface area (Å²) in [5, 5.41) is 11.2. The number of hydrogen-bond acceptors (Lipinski definition) is 5. The van der Waals surface area contributed by atoms with Crippen molar-refractivity contribution in [3.63, 3.8) is 0 Å². The van der Waals surface area contributed by atoms with E-state index in [2.05, 4.69) is 10.3 Å². The smallest absolute Gasteiger partial charge is 0.437 e. The molecule has 0 spiro atoms. The highest BCUT2D eigenvalue weighted by molar-refractivity contribution is 5.93. The minimum Gasteiger partial charge on any atom is -0.446 e. The van der Waals surface area contributed by atoms with Gasteiger partial charge in [-0.3, -0.25) is 14.2 Å². The maximum Gasteiger partial charge on any atom is 0.437 e. The molecule has 0 unspecified atom stereocenters. The van der Waals surface area contributed by atoms with Crippen LogP contribution in [0, 0.1) is 17.1 Å². The van der Waals surface area contributed by atoms with Gasteiger partial charge >= 0.3 is 6.18 Å². The van der Waals surface area contributed by atoms with Gasteiger partial charge < -0.3 is 10.1 Å². The largest absolute Gasteiger partial charge is 0.446 e. The first kappa shape index (κ1) is 29.2. The Bertz CT molecular complexity index is 1350. The van der Waals surface area contributed by atoms with Crippen LogP contribution in [0.25, 0.3) is 0 Å². The Labute approximate surface area is 207 Å². The van der Waals surface area contributed by atoms with Gasteiger partial charge in [0, 0.05) is 25.1 Å². The monoisotopic (exact) mass is 528 g/mol. The molecule has 7 nitrogen and oxygen atoms in total. The number of halogens is 6. The van der Waals surface area contributed by atoms with Crippen molar-refractivity contribution in [2.45, 2.75) is 45.8 Å². The Morgan fingerprint density at radius 2 is 1.92 bits per heavy atom. The van der Waals surface area contributed by atoms with Crippen molar-refractivity contribution in [3.05, 3.63) is 74.8 Å². The first-order valence-electron chi connectivity index (χ1n) is 10.7. The highest BCUT2D eigenvalue weighted by atomic mass is 19.4. The van der Waals surface area contributed by atoms with Gasteiger partial charge in [-0.05, 0) is 31.6 Å². The third-order valence-electron chi connectivity index (χ3n) is 5.20. The zero-order valence-corrected chi connectivity index (χ0v) is 20.1. The number of benzene rings is 1. The minimum absolute atomic E-state index is 0.212. The Hall–Kier alpha value is -4.08. The van der Waals surface area contributed by atoms with Gasteiger partial charge in [0.05, 0.1) is 18.4 Å². The summed E-state index contributed by atoms with van der Waals surface area (Å²) in [6.45, 7) is 2.88. The number of carbonyl (C=O) groups is 1. The molecule has 1 amide bonds. The van der Waals surface area contributed by atoms with E-state index in [9.17, 15) is 35.9 Å². The van der Waals surface area contributed by atoms with E-state index in [1.807, 2.05) is 0 Å². The van der Waals surface area contributed by atoms with Crippen LogP contribution in [0.4, 0.5) is 26.3 Å². The highest BCUT2D eigenvalue weighted by Gasteiger charge is 2.39. The maximum absolute atomic E-state index is 14.4. The molecule has 1 aromatic carbocycles. The van der Waals surface area contributed by atoms with Gasteiger partial charge in [0.15, 0.2) is 17.3 Å². The van der Waals surface area contributed by atoms with Crippen LogP contribution < -0.4 is 15.6 Å². The van der Waals surface area contributed by atoms with Crippen LogP contribution in [-0.2, 0) is 17.5 Å². The number of nitriles is 1. The van der Waals surface area contributed by atoms with Crippen LogP contribution in [-0.4, -0.2) is 28.4 Å². The van der Waals surface area contributed by atoms with Crippen molar-refractivity contribution in [1.82, 2.24) is 14.9 Å². The number of aromatic nitrogens is 2. The number of nitrogens with zero attached hydrogens (tertiary/aromatic N) is 3. The molecule has 1 aromatic heterocycles. The molecule has 0 saturated heterocycles. The van der Waals surface area contributed by atoms with E-state index in [0.29, 0.717) is 17.8 Å². The Kier molecular flexibility index (Phi) is 8.92. The van der Waals surface area contributed by atoms with Gasteiger partial charge in [-0.1, -0.05) is 18.6 Å². The molecule has 2 rings (SSSR count). The lowest BCUT2D eigenvalue weighted by atomic mass is 9.99. The first-order valence-corrected chi connectivity index (χ1v) is 10.7. The minimum atomic E-state index is -5.20. The maximum atomic E-state index is 14.4. The van der Waals surface area contributed by atoms with Crippen molar-refractivity contribution in [1.29, 1.82) is 5.26 Å². The summed E-state index contributed by atoms with van der Waals surface area (Å²) >= 11 is 0. The molecule has 13 heteroatoms. The molecule has 0 bridgehead atoms. The highest BCUT2D eigenvalue weighted by Crippen LogP contribution is 2.35. The van der Waals surface area contributed by atoms with E-state index in [1.54, 1.807) is 6.92 Å². The predicted molar refractivity (Wildman–Crippen MR) is 120 cm³/mol. The molecule has 1 heterocycles. The fraction of sp³-hybridized carbons (Fsp3) is 0.333. The average Bonchev–Trinajstić information content (AvgIpc) is 2.82. The predicted octanol–water partition coefficient (Wildman–Crippen LogP) is 5.12. The zero-order valence-electron chi connectivity index (χ0n) is 20.1. The standard InChI is InChI=1S/C24H22F6N4O3/c1-5-13(2)16(23(3,26)27)9-15(21(35)32-4)11-34-12-33-20(24(28,29)30)19(22(34)36)37-17-8-6-7-14(10-31)18(17)25/h6-9,12H,5,11H2,1-4H3,(H,32,35)/b15-9-,16-13-. The fourth-order valence-corrected chi connectivity index (χ4v) is 3.18. The Morgan fingerprint density at radius 1 is 1.27 bits per heavy atom. The molecular weight excluding hydrogens is 506 g/mol. The van der Waals surface area contributed by atoms with E-state index in [4.69, 9.17) is 10.00 Å². The average molecular weight is 528 g/mol. The number of nitrogens with one attached hydrogen (secondary N) is 1. The van der Waals surface area contributed by atoms with Crippen LogP contribution in [0.2, 0.25) is 0 Å². The Morgan fingerprint density at radius 3 is 2.43 bits per heavy atom. The van der Waals surface area contributed by atoms with Gasteiger partial charge in [-0.15, -0.1) is 0 Å². The fourth-order valence-electron chi connectivity index (χ4n) is 3.18. The molecule has 0 radical (unpaired) electrons. The van der Waals surface area contributed by atoms with Gasteiger partial charge in [-0.25, -0.2) is 18.2 Å². The zero-order chi connectivity index (χ0) is 28.1. The van der Waals surface area contributed by atoms with Crippen molar-refractivity contribution in [2.75, 3.05) is 7.05 Å². The van der Waals surface area contributed by atoms with Gasteiger partial charge in [-0.2, -0.15) is 18.4 Å². The summed E-state index contributed by atoms with van der Waals surface area (Å²) < 4.78 is 89.2. The summed E-state index contributed by atoms with van der Waals surface area (Å²) in [6, 6.07) is 4.56. The van der Waals surface area contributed by atoms with Crippen molar-refractivity contribution in [3.8, 4) is 17.6 Å². The van der Waals surface area contributed by atoms with Gasteiger partial charge in [0.1, 0.15) is 6.07 Å². The van der Waals surface area contributed by atoms with Crippen LogP contribution in [0.15, 0.2) is 52.1 Å². The third-order valence-corrected chi connectivity index (χ3v) is 5.20. The number of hydrogen-bond donors (Lipinski definition) is 1. The number of likely N-dealkylation sites (N-methyl/N-ethyl adjacent to an activating group) is 1. The molecule has 0 fully saturated rings. The molecule has 0 aliphatic rings.